The maximum Gasteiger partial charge on any atom is 0.0766 e. The molecule has 1 rings (SSSR count). The summed E-state index contributed by atoms with van der Waals surface area (Å²) in [4.78, 5) is 0. The number of nitriles is 1. The predicted molar refractivity (Wildman–Crippen MR) is 69.7 cm³/mol. The number of hydrogen-bond donors (Lipinski definition) is 1. The molecule has 2 nitrogen and oxygen atoms in total. The zero-order chi connectivity index (χ0) is 11.6. The Morgan fingerprint density at radius 1 is 1.38 bits per heavy atom. The predicted octanol–water partition coefficient (Wildman–Crippen LogP) is 3.24. The van der Waals surface area contributed by atoms with Gasteiger partial charge in [0.1, 0.15) is 0 Å². The van der Waals surface area contributed by atoms with Gasteiger partial charge in [0.2, 0.25) is 0 Å². The molecule has 1 aromatic carbocycles. The fourth-order valence-corrected chi connectivity index (χ4v) is 1.64. The molecule has 16 heavy (non-hydrogen) atoms. The molecule has 0 saturated carbocycles. The molecule has 2 N–H and O–H groups in total. The zero-order valence-electron chi connectivity index (χ0n) is 10.2. The lowest BCUT2D eigenvalue weighted by molar-refractivity contribution is 0.683. The highest BCUT2D eigenvalue weighted by Gasteiger charge is 2.20. The molecule has 0 aliphatic carbocycles. The van der Waals surface area contributed by atoms with Crippen LogP contribution < -0.4 is 5.73 Å². The third-order valence-electron chi connectivity index (χ3n) is 2.76. The van der Waals surface area contributed by atoms with E-state index in [0.717, 1.165) is 16.7 Å². The van der Waals surface area contributed by atoms with E-state index in [1.54, 1.807) is 0 Å². The van der Waals surface area contributed by atoms with E-state index in [1.807, 2.05) is 39.8 Å². The summed E-state index contributed by atoms with van der Waals surface area (Å²) in [5.41, 5.74) is 8.76. The SMILES string of the molecule is Cc1cc(C(C)(C)C#N)ccc1C(C)N.Cl. The first-order valence-corrected chi connectivity index (χ1v) is 5.16. The van der Waals surface area contributed by atoms with Crippen molar-refractivity contribution in [3.63, 3.8) is 0 Å². The van der Waals surface area contributed by atoms with E-state index in [0.29, 0.717) is 0 Å². The zero-order valence-corrected chi connectivity index (χ0v) is 11.1. The van der Waals surface area contributed by atoms with Crippen molar-refractivity contribution in [2.45, 2.75) is 39.2 Å². The molecule has 0 radical (unpaired) electrons. The molecule has 0 bridgehead atoms. The van der Waals surface area contributed by atoms with E-state index in [9.17, 15) is 0 Å². The highest BCUT2D eigenvalue weighted by Crippen LogP contribution is 2.25. The van der Waals surface area contributed by atoms with Gasteiger partial charge in [0, 0.05) is 6.04 Å². The van der Waals surface area contributed by atoms with Gasteiger partial charge < -0.3 is 5.73 Å². The van der Waals surface area contributed by atoms with Crippen molar-refractivity contribution in [3.8, 4) is 6.07 Å². The quantitative estimate of drug-likeness (QED) is 0.860. The summed E-state index contributed by atoms with van der Waals surface area (Å²) in [6, 6.07) is 8.42. The first kappa shape index (κ1) is 15.0. The summed E-state index contributed by atoms with van der Waals surface area (Å²) in [5, 5.41) is 9.04. The molecule has 1 atom stereocenters. The van der Waals surface area contributed by atoms with E-state index in [-0.39, 0.29) is 18.4 Å². The van der Waals surface area contributed by atoms with Crippen LogP contribution in [0.5, 0.6) is 0 Å². The standard InChI is InChI=1S/C13H18N2.ClH/c1-9-7-11(13(3,4)8-14)5-6-12(9)10(2)15;/h5-7,10H,15H2,1-4H3;1H. The average Bonchev–Trinajstić information content (AvgIpc) is 2.17. The highest BCUT2D eigenvalue weighted by atomic mass is 35.5. The summed E-state index contributed by atoms with van der Waals surface area (Å²) in [6.07, 6.45) is 0. The molecule has 0 aromatic heterocycles. The van der Waals surface area contributed by atoms with Crippen LogP contribution in [0.25, 0.3) is 0 Å². The molecule has 0 saturated heterocycles. The van der Waals surface area contributed by atoms with Crippen LogP contribution in [0.15, 0.2) is 18.2 Å². The smallest absolute Gasteiger partial charge is 0.0766 e. The molecule has 0 aliphatic heterocycles. The first-order valence-electron chi connectivity index (χ1n) is 5.16. The van der Waals surface area contributed by atoms with Crippen molar-refractivity contribution in [1.82, 2.24) is 0 Å². The van der Waals surface area contributed by atoms with Gasteiger partial charge in [-0.1, -0.05) is 18.2 Å². The molecule has 0 spiro atoms. The van der Waals surface area contributed by atoms with E-state index < -0.39 is 5.41 Å². The summed E-state index contributed by atoms with van der Waals surface area (Å²) in [7, 11) is 0. The maximum absolute atomic E-state index is 9.04. The monoisotopic (exact) mass is 238 g/mol. The second-order valence-corrected chi connectivity index (χ2v) is 4.60. The van der Waals surface area contributed by atoms with Crippen molar-refractivity contribution < 1.29 is 0 Å². The fourth-order valence-electron chi connectivity index (χ4n) is 1.64. The number of nitrogens with two attached hydrogens (primary N) is 1. The normalized spacial score (nSPS) is 12.5. The third kappa shape index (κ3) is 2.98. The highest BCUT2D eigenvalue weighted by molar-refractivity contribution is 5.85. The molecule has 3 heteroatoms. The van der Waals surface area contributed by atoms with Gasteiger partial charge in [-0.05, 0) is 44.4 Å². The van der Waals surface area contributed by atoms with Crippen LogP contribution in [0.3, 0.4) is 0 Å². The maximum atomic E-state index is 9.04. The Hall–Kier alpha value is -1.04. The minimum atomic E-state index is -0.429. The van der Waals surface area contributed by atoms with Crippen LogP contribution in [0, 0.1) is 18.3 Å². The van der Waals surface area contributed by atoms with Crippen LogP contribution in [0.4, 0.5) is 0 Å². The van der Waals surface area contributed by atoms with Crippen molar-refractivity contribution in [3.05, 3.63) is 34.9 Å². The molecule has 0 fully saturated rings. The Labute approximate surface area is 104 Å². The van der Waals surface area contributed by atoms with Crippen LogP contribution in [0.1, 0.15) is 43.5 Å². The Balaban J connectivity index is 0.00000225. The van der Waals surface area contributed by atoms with Gasteiger partial charge in [-0.15, -0.1) is 12.4 Å². The summed E-state index contributed by atoms with van der Waals surface area (Å²) in [5.74, 6) is 0. The van der Waals surface area contributed by atoms with Crippen LogP contribution >= 0.6 is 12.4 Å². The third-order valence-corrected chi connectivity index (χ3v) is 2.76. The number of aryl methyl sites for hydroxylation is 1. The van der Waals surface area contributed by atoms with Gasteiger partial charge in [0.05, 0.1) is 11.5 Å². The minimum Gasteiger partial charge on any atom is -0.324 e. The number of halogens is 1. The lowest BCUT2D eigenvalue weighted by Crippen LogP contribution is -2.15. The second-order valence-electron chi connectivity index (χ2n) is 4.60. The van der Waals surface area contributed by atoms with Gasteiger partial charge in [0.15, 0.2) is 0 Å². The largest absolute Gasteiger partial charge is 0.324 e. The molecule has 0 aliphatic rings. The summed E-state index contributed by atoms with van der Waals surface area (Å²) < 4.78 is 0. The van der Waals surface area contributed by atoms with Gasteiger partial charge in [-0.2, -0.15) is 5.26 Å². The molecule has 88 valence electrons. The average molecular weight is 239 g/mol. The summed E-state index contributed by atoms with van der Waals surface area (Å²) in [6.45, 7) is 7.85. The fraction of sp³-hybridized carbons (Fsp3) is 0.462. The number of rotatable bonds is 2. The second kappa shape index (κ2) is 5.34. The molecular weight excluding hydrogens is 220 g/mol. The Bertz CT molecular complexity index is 403. The Kier molecular flexibility index (Phi) is 4.99. The molecule has 1 unspecified atom stereocenters. The van der Waals surface area contributed by atoms with Crippen LogP contribution in [-0.4, -0.2) is 0 Å². The Morgan fingerprint density at radius 2 is 1.94 bits per heavy atom. The number of benzene rings is 1. The number of hydrogen-bond acceptors (Lipinski definition) is 2. The van der Waals surface area contributed by atoms with Crippen molar-refractivity contribution in [2.24, 2.45) is 5.73 Å². The van der Waals surface area contributed by atoms with Crippen molar-refractivity contribution >= 4 is 12.4 Å². The molecule has 1 aromatic rings. The van der Waals surface area contributed by atoms with Crippen LogP contribution in [0.2, 0.25) is 0 Å². The van der Waals surface area contributed by atoms with Crippen molar-refractivity contribution in [1.29, 1.82) is 5.26 Å². The van der Waals surface area contributed by atoms with Gasteiger partial charge in [-0.25, -0.2) is 0 Å². The van der Waals surface area contributed by atoms with Crippen molar-refractivity contribution in [2.75, 3.05) is 0 Å². The lowest BCUT2D eigenvalue weighted by atomic mass is 9.84. The summed E-state index contributed by atoms with van der Waals surface area (Å²) >= 11 is 0. The van der Waals surface area contributed by atoms with Gasteiger partial charge in [0.25, 0.3) is 0 Å². The van der Waals surface area contributed by atoms with Gasteiger partial charge >= 0.3 is 0 Å². The van der Waals surface area contributed by atoms with E-state index in [1.165, 1.54) is 0 Å². The van der Waals surface area contributed by atoms with Gasteiger partial charge in [-0.3, -0.25) is 0 Å². The minimum absolute atomic E-state index is 0. The van der Waals surface area contributed by atoms with E-state index >= 15 is 0 Å². The lowest BCUT2D eigenvalue weighted by Gasteiger charge is -2.18. The topological polar surface area (TPSA) is 49.8 Å². The molecule has 0 heterocycles. The molecular formula is C13H19ClN2. The Morgan fingerprint density at radius 3 is 2.31 bits per heavy atom. The van der Waals surface area contributed by atoms with Crippen LogP contribution in [-0.2, 0) is 5.41 Å². The first-order chi connectivity index (χ1) is 6.88. The van der Waals surface area contributed by atoms with E-state index in [2.05, 4.69) is 12.1 Å². The van der Waals surface area contributed by atoms with E-state index in [4.69, 9.17) is 11.0 Å². The molecule has 0 amide bonds. The number of nitrogens with zero attached hydrogens (tertiary/aromatic N) is 1.